The normalized spacial score (nSPS) is 11.2. The van der Waals surface area contributed by atoms with Gasteiger partial charge in [-0.1, -0.05) is 25.1 Å². The minimum Gasteiger partial charge on any atom is -0.339 e. The van der Waals surface area contributed by atoms with E-state index in [1.807, 2.05) is 45.9 Å². The fraction of sp³-hybridized carbons (Fsp3) is 0.350. The van der Waals surface area contributed by atoms with Crippen molar-refractivity contribution in [3.63, 3.8) is 0 Å². The quantitative estimate of drug-likeness (QED) is 0.801. The summed E-state index contributed by atoms with van der Waals surface area (Å²) in [5, 5.41) is 0. The average Bonchev–Trinajstić information content (AvgIpc) is 2.64. The van der Waals surface area contributed by atoms with Crippen molar-refractivity contribution in [2.24, 2.45) is 0 Å². The van der Waals surface area contributed by atoms with E-state index in [0.29, 0.717) is 24.3 Å². The Labute approximate surface area is 156 Å². The van der Waals surface area contributed by atoms with Gasteiger partial charge in [-0.2, -0.15) is 0 Å². The van der Waals surface area contributed by atoms with E-state index in [4.69, 9.17) is 0 Å². The van der Waals surface area contributed by atoms with Crippen LogP contribution in [0.4, 0.5) is 5.69 Å². The maximum Gasteiger partial charge on any atom is 0.261 e. The van der Waals surface area contributed by atoms with E-state index in [0.717, 1.165) is 17.5 Å². The summed E-state index contributed by atoms with van der Waals surface area (Å²) >= 11 is 0. The molecule has 0 aliphatic heterocycles. The number of nitrogens with one attached hydrogen (secondary N) is 1. The first-order valence-corrected chi connectivity index (χ1v) is 10.3. The standard InChI is InChI=1S/C20H26N2O3S/c1-5-16-10-8-9-15(4)19(16)21-26(24,25)18-13-11-17(12-14-18)20(23)22(6-2)7-3/h8-14,21H,5-7H2,1-4H3. The second-order valence-corrected chi connectivity index (χ2v) is 7.75. The highest BCUT2D eigenvalue weighted by Crippen LogP contribution is 2.24. The van der Waals surface area contributed by atoms with Crippen LogP contribution in [0.15, 0.2) is 47.4 Å². The van der Waals surface area contributed by atoms with Gasteiger partial charge in [-0.05, 0) is 62.6 Å². The zero-order chi connectivity index (χ0) is 19.3. The Balaban J connectivity index is 2.29. The Bertz CT molecular complexity index is 870. The number of benzene rings is 2. The molecule has 0 aliphatic rings. The highest BCUT2D eigenvalue weighted by molar-refractivity contribution is 7.92. The van der Waals surface area contributed by atoms with Crippen molar-refractivity contribution in [1.82, 2.24) is 4.90 Å². The first-order chi connectivity index (χ1) is 12.3. The van der Waals surface area contributed by atoms with Gasteiger partial charge in [0.1, 0.15) is 0 Å². The number of anilines is 1. The molecule has 0 radical (unpaired) electrons. The molecule has 5 nitrogen and oxygen atoms in total. The van der Waals surface area contributed by atoms with E-state index in [1.54, 1.807) is 17.0 Å². The maximum absolute atomic E-state index is 12.7. The number of amides is 1. The van der Waals surface area contributed by atoms with Crippen LogP contribution < -0.4 is 4.72 Å². The summed E-state index contributed by atoms with van der Waals surface area (Å²) in [6, 6.07) is 11.8. The number of carbonyl (C=O) groups excluding carboxylic acids is 1. The van der Waals surface area contributed by atoms with Gasteiger partial charge in [-0.25, -0.2) is 8.42 Å². The maximum atomic E-state index is 12.7. The summed E-state index contributed by atoms with van der Waals surface area (Å²) in [5.41, 5.74) is 2.93. The van der Waals surface area contributed by atoms with Gasteiger partial charge >= 0.3 is 0 Å². The van der Waals surface area contributed by atoms with Gasteiger partial charge in [0.25, 0.3) is 15.9 Å². The molecule has 0 aliphatic carbocycles. The summed E-state index contributed by atoms with van der Waals surface area (Å²) in [6.45, 7) is 8.92. The van der Waals surface area contributed by atoms with Crippen LogP contribution in [-0.4, -0.2) is 32.3 Å². The summed E-state index contributed by atoms with van der Waals surface area (Å²) < 4.78 is 28.2. The summed E-state index contributed by atoms with van der Waals surface area (Å²) in [4.78, 5) is 14.2. The molecule has 2 rings (SSSR count). The van der Waals surface area contributed by atoms with E-state index in [-0.39, 0.29) is 10.8 Å². The van der Waals surface area contributed by atoms with E-state index < -0.39 is 10.0 Å². The summed E-state index contributed by atoms with van der Waals surface area (Å²) in [5.74, 6) is -0.0981. The second-order valence-electron chi connectivity index (χ2n) is 6.07. The van der Waals surface area contributed by atoms with Crippen LogP contribution in [-0.2, 0) is 16.4 Å². The SMILES string of the molecule is CCc1cccc(C)c1NS(=O)(=O)c1ccc(C(=O)N(CC)CC)cc1. The molecule has 0 saturated carbocycles. The molecule has 0 unspecified atom stereocenters. The Hall–Kier alpha value is -2.34. The van der Waals surface area contributed by atoms with Crippen LogP contribution in [0, 0.1) is 6.92 Å². The molecular formula is C20H26N2O3S. The van der Waals surface area contributed by atoms with Gasteiger partial charge in [0.15, 0.2) is 0 Å². The largest absolute Gasteiger partial charge is 0.339 e. The molecule has 0 aromatic heterocycles. The zero-order valence-corrected chi connectivity index (χ0v) is 16.6. The van der Waals surface area contributed by atoms with E-state index in [2.05, 4.69) is 4.72 Å². The lowest BCUT2D eigenvalue weighted by Crippen LogP contribution is -2.30. The molecule has 0 spiro atoms. The number of sulfonamides is 1. The van der Waals surface area contributed by atoms with Gasteiger partial charge in [0, 0.05) is 18.7 Å². The van der Waals surface area contributed by atoms with Crippen LogP contribution in [0.25, 0.3) is 0 Å². The highest BCUT2D eigenvalue weighted by Gasteiger charge is 2.19. The molecule has 140 valence electrons. The molecule has 0 saturated heterocycles. The Morgan fingerprint density at radius 2 is 1.62 bits per heavy atom. The molecule has 2 aromatic carbocycles. The van der Waals surface area contributed by atoms with Crippen molar-refractivity contribution in [3.8, 4) is 0 Å². The lowest BCUT2D eigenvalue weighted by Gasteiger charge is -2.19. The summed E-state index contributed by atoms with van der Waals surface area (Å²) in [6.07, 6.45) is 0.733. The molecule has 1 N–H and O–H groups in total. The number of hydrogen-bond donors (Lipinski definition) is 1. The fourth-order valence-electron chi connectivity index (χ4n) is 2.83. The first-order valence-electron chi connectivity index (χ1n) is 8.84. The molecule has 26 heavy (non-hydrogen) atoms. The van der Waals surface area contributed by atoms with Gasteiger partial charge < -0.3 is 4.90 Å². The number of para-hydroxylation sites is 1. The topological polar surface area (TPSA) is 66.5 Å². The minimum atomic E-state index is -3.72. The lowest BCUT2D eigenvalue weighted by atomic mass is 10.1. The van der Waals surface area contributed by atoms with Gasteiger partial charge in [0.05, 0.1) is 10.6 Å². The van der Waals surface area contributed by atoms with Crippen molar-refractivity contribution >= 4 is 21.6 Å². The number of nitrogens with zero attached hydrogens (tertiary/aromatic N) is 1. The number of carbonyl (C=O) groups is 1. The fourth-order valence-corrected chi connectivity index (χ4v) is 4.01. The summed E-state index contributed by atoms with van der Waals surface area (Å²) in [7, 11) is -3.72. The molecule has 6 heteroatoms. The highest BCUT2D eigenvalue weighted by atomic mass is 32.2. The van der Waals surface area contributed by atoms with Crippen LogP contribution in [0.1, 0.15) is 42.3 Å². The van der Waals surface area contributed by atoms with Crippen molar-refractivity contribution in [1.29, 1.82) is 0 Å². The van der Waals surface area contributed by atoms with E-state index in [1.165, 1.54) is 12.1 Å². The van der Waals surface area contributed by atoms with Crippen LogP contribution in [0.2, 0.25) is 0 Å². The number of hydrogen-bond acceptors (Lipinski definition) is 3. The van der Waals surface area contributed by atoms with Crippen molar-refractivity contribution in [2.75, 3.05) is 17.8 Å². The van der Waals surface area contributed by atoms with Gasteiger partial charge in [-0.15, -0.1) is 0 Å². The predicted molar refractivity (Wildman–Crippen MR) is 105 cm³/mol. The third-order valence-corrected chi connectivity index (χ3v) is 5.80. The first kappa shape index (κ1) is 20.0. The lowest BCUT2D eigenvalue weighted by molar-refractivity contribution is 0.0773. The van der Waals surface area contributed by atoms with Gasteiger partial charge in [-0.3, -0.25) is 9.52 Å². The third-order valence-electron chi connectivity index (χ3n) is 4.44. The molecule has 0 atom stereocenters. The van der Waals surface area contributed by atoms with Crippen LogP contribution in [0.5, 0.6) is 0 Å². The van der Waals surface area contributed by atoms with Crippen LogP contribution in [0.3, 0.4) is 0 Å². The molecule has 0 fully saturated rings. The average molecular weight is 375 g/mol. The van der Waals surface area contributed by atoms with Gasteiger partial charge in [0.2, 0.25) is 0 Å². The molecule has 0 heterocycles. The Kier molecular flexibility index (Phi) is 6.42. The monoisotopic (exact) mass is 374 g/mol. The van der Waals surface area contributed by atoms with Crippen molar-refractivity contribution in [3.05, 3.63) is 59.2 Å². The minimum absolute atomic E-state index is 0.0981. The Morgan fingerprint density at radius 1 is 1.00 bits per heavy atom. The zero-order valence-electron chi connectivity index (χ0n) is 15.7. The third kappa shape index (κ3) is 4.25. The smallest absolute Gasteiger partial charge is 0.261 e. The van der Waals surface area contributed by atoms with E-state index in [9.17, 15) is 13.2 Å². The number of rotatable bonds is 7. The molecular weight excluding hydrogens is 348 g/mol. The Morgan fingerprint density at radius 3 is 2.15 bits per heavy atom. The number of aryl methyl sites for hydroxylation is 2. The van der Waals surface area contributed by atoms with Crippen molar-refractivity contribution in [2.45, 2.75) is 39.0 Å². The van der Waals surface area contributed by atoms with E-state index >= 15 is 0 Å². The van der Waals surface area contributed by atoms with Crippen molar-refractivity contribution < 1.29 is 13.2 Å². The molecule has 2 aromatic rings. The predicted octanol–water partition coefficient (Wildman–Crippen LogP) is 3.84. The van der Waals surface area contributed by atoms with Crippen LogP contribution >= 0.6 is 0 Å². The second kappa shape index (κ2) is 8.36. The molecule has 0 bridgehead atoms. The molecule has 1 amide bonds.